The monoisotopic (exact) mass is 288 g/mol. The third-order valence-corrected chi connectivity index (χ3v) is 3.14. The molecule has 2 aromatic rings. The second-order valence-corrected chi connectivity index (χ2v) is 5.09. The van der Waals surface area contributed by atoms with Crippen LogP contribution in [0.2, 0.25) is 0 Å². The summed E-state index contributed by atoms with van der Waals surface area (Å²) in [4.78, 5) is 18.2. The average molecular weight is 288 g/mol. The quantitative estimate of drug-likeness (QED) is 0.862. The Labute approximate surface area is 123 Å². The molecule has 0 saturated carbocycles. The zero-order chi connectivity index (χ0) is 14.7. The van der Waals surface area contributed by atoms with Gasteiger partial charge in [0, 0.05) is 32.4 Å². The molecule has 0 aliphatic rings. The molecular weight excluding hydrogens is 272 g/mol. The number of amides is 1. The highest BCUT2D eigenvalue weighted by Gasteiger charge is 2.14. The second-order valence-electron chi connectivity index (χ2n) is 4.65. The second kappa shape index (κ2) is 5.83. The third-order valence-electron chi connectivity index (χ3n) is 2.90. The highest BCUT2D eigenvalue weighted by molar-refractivity contribution is 7.80. The van der Waals surface area contributed by atoms with Gasteiger partial charge in [-0.25, -0.2) is 4.98 Å². The van der Waals surface area contributed by atoms with Crippen LogP contribution in [0.5, 0.6) is 0 Å². The van der Waals surface area contributed by atoms with Gasteiger partial charge in [-0.15, -0.1) is 0 Å². The van der Waals surface area contributed by atoms with Gasteiger partial charge in [-0.1, -0.05) is 30.4 Å². The van der Waals surface area contributed by atoms with Crippen LogP contribution in [0, 0.1) is 0 Å². The topological polar surface area (TPSA) is 64.2 Å². The summed E-state index contributed by atoms with van der Waals surface area (Å²) < 4.78 is 1.74. The van der Waals surface area contributed by atoms with Crippen molar-refractivity contribution in [2.24, 2.45) is 12.8 Å². The Bertz CT molecular complexity index is 650. The van der Waals surface area contributed by atoms with Gasteiger partial charge in [-0.05, 0) is 11.6 Å². The lowest BCUT2D eigenvalue weighted by Gasteiger charge is -2.16. The lowest BCUT2D eigenvalue weighted by atomic mass is 10.1. The van der Waals surface area contributed by atoms with E-state index >= 15 is 0 Å². The van der Waals surface area contributed by atoms with Crippen LogP contribution in [0.1, 0.15) is 21.6 Å². The molecule has 0 aliphatic heterocycles. The third kappa shape index (κ3) is 3.21. The first-order valence-electron chi connectivity index (χ1n) is 6.09. The molecule has 2 N–H and O–H groups in total. The fourth-order valence-electron chi connectivity index (χ4n) is 1.89. The minimum Gasteiger partial charge on any atom is -0.389 e. The molecule has 1 aromatic carbocycles. The summed E-state index contributed by atoms with van der Waals surface area (Å²) in [6.45, 7) is 0.478. The van der Waals surface area contributed by atoms with Crippen molar-refractivity contribution >= 4 is 23.1 Å². The van der Waals surface area contributed by atoms with Crippen molar-refractivity contribution < 1.29 is 4.79 Å². The van der Waals surface area contributed by atoms with Crippen LogP contribution in [0.4, 0.5) is 0 Å². The molecule has 0 radical (unpaired) electrons. The van der Waals surface area contributed by atoms with Gasteiger partial charge >= 0.3 is 0 Å². The molecular formula is C14H16N4OS. The molecule has 5 nitrogen and oxygen atoms in total. The summed E-state index contributed by atoms with van der Waals surface area (Å²) in [6, 6.07) is 7.56. The van der Waals surface area contributed by atoms with Crippen molar-refractivity contribution in [1.82, 2.24) is 14.5 Å². The average Bonchev–Trinajstić information content (AvgIpc) is 2.84. The van der Waals surface area contributed by atoms with E-state index in [0.717, 1.165) is 11.1 Å². The predicted octanol–water partition coefficient (Wildman–Crippen LogP) is 1.33. The van der Waals surface area contributed by atoms with Crippen LogP contribution in [-0.4, -0.2) is 32.4 Å². The number of nitrogens with zero attached hydrogens (tertiary/aromatic N) is 3. The molecule has 0 aliphatic carbocycles. The van der Waals surface area contributed by atoms with Crippen LogP contribution >= 0.6 is 12.2 Å². The zero-order valence-electron chi connectivity index (χ0n) is 11.4. The maximum absolute atomic E-state index is 12.2. The Kier molecular flexibility index (Phi) is 4.14. The molecule has 6 heteroatoms. The van der Waals surface area contributed by atoms with Crippen LogP contribution in [0.25, 0.3) is 0 Å². The number of hydrogen-bond donors (Lipinski definition) is 1. The predicted molar refractivity (Wildman–Crippen MR) is 81.3 cm³/mol. The zero-order valence-corrected chi connectivity index (χ0v) is 12.2. The van der Waals surface area contributed by atoms with Crippen LogP contribution in [-0.2, 0) is 13.6 Å². The van der Waals surface area contributed by atoms with Gasteiger partial charge in [0.15, 0.2) is 0 Å². The Morgan fingerprint density at radius 3 is 2.85 bits per heavy atom. The number of imidazole rings is 1. The van der Waals surface area contributed by atoms with Gasteiger partial charge in [0.25, 0.3) is 5.91 Å². The van der Waals surface area contributed by atoms with Gasteiger partial charge in [0.1, 0.15) is 10.7 Å². The smallest absolute Gasteiger partial charge is 0.274 e. The summed E-state index contributed by atoms with van der Waals surface area (Å²) >= 11 is 4.95. The van der Waals surface area contributed by atoms with Gasteiger partial charge in [-0.2, -0.15) is 0 Å². The molecule has 1 heterocycles. The summed E-state index contributed by atoms with van der Waals surface area (Å²) in [7, 11) is 3.57. The summed E-state index contributed by atoms with van der Waals surface area (Å²) in [5.41, 5.74) is 7.81. The Morgan fingerprint density at radius 1 is 1.50 bits per heavy atom. The molecule has 0 fully saturated rings. The molecule has 104 valence electrons. The lowest BCUT2D eigenvalue weighted by Crippen LogP contribution is -2.26. The first kappa shape index (κ1) is 14.2. The Morgan fingerprint density at radius 2 is 2.25 bits per heavy atom. The van der Waals surface area contributed by atoms with Crippen molar-refractivity contribution in [3.8, 4) is 0 Å². The van der Waals surface area contributed by atoms with E-state index < -0.39 is 0 Å². The standard InChI is InChI=1S/C14H16N4OS/c1-17-8-12(16-9-17)14(19)18(2)7-10-4-3-5-11(6-10)13(15)20/h3-6,8-9H,7H2,1-2H3,(H2,15,20). The van der Waals surface area contributed by atoms with E-state index in [1.807, 2.05) is 31.3 Å². The first-order valence-corrected chi connectivity index (χ1v) is 6.50. The fraction of sp³-hybridized carbons (Fsp3) is 0.214. The van der Waals surface area contributed by atoms with Gasteiger partial charge in [0.2, 0.25) is 0 Å². The molecule has 0 spiro atoms. The minimum absolute atomic E-state index is 0.119. The van der Waals surface area contributed by atoms with E-state index in [1.165, 1.54) is 0 Å². The largest absolute Gasteiger partial charge is 0.389 e. The minimum atomic E-state index is -0.119. The fourth-order valence-corrected chi connectivity index (χ4v) is 2.01. The number of aryl methyl sites for hydroxylation is 1. The maximum atomic E-state index is 12.2. The van der Waals surface area contributed by atoms with Gasteiger partial charge in [0.05, 0.1) is 6.33 Å². The van der Waals surface area contributed by atoms with Crippen molar-refractivity contribution in [3.05, 3.63) is 53.6 Å². The van der Waals surface area contributed by atoms with E-state index in [1.54, 1.807) is 29.0 Å². The Balaban J connectivity index is 2.11. The molecule has 20 heavy (non-hydrogen) atoms. The molecule has 1 amide bonds. The van der Waals surface area contributed by atoms with E-state index in [9.17, 15) is 4.79 Å². The van der Waals surface area contributed by atoms with E-state index in [0.29, 0.717) is 17.2 Å². The molecule has 1 aromatic heterocycles. The number of aromatic nitrogens is 2. The summed E-state index contributed by atoms with van der Waals surface area (Å²) in [5.74, 6) is -0.119. The van der Waals surface area contributed by atoms with Crippen LogP contribution < -0.4 is 5.73 Å². The number of nitrogens with two attached hydrogens (primary N) is 1. The SMILES string of the molecule is CN(Cc1cccc(C(N)=S)c1)C(=O)c1cn(C)cn1. The summed E-state index contributed by atoms with van der Waals surface area (Å²) in [5, 5.41) is 0. The molecule has 0 saturated heterocycles. The van der Waals surface area contributed by atoms with Crippen molar-refractivity contribution in [1.29, 1.82) is 0 Å². The lowest BCUT2D eigenvalue weighted by molar-refractivity contribution is 0.0779. The number of benzene rings is 1. The molecule has 2 rings (SSSR count). The number of hydrogen-bond acceptors (Lipinski definition) is 3. The van der Waals surface area contributed by atoms with E-state index in [-0.39, 0.29) is 5.91 Å². The molecule has 0 bridgehead atoms. The van der Waals surface area contributed by atoms with Crippen LogP contribution in [0.3, 0.4) is 0 Å². The van der Waals surface area contributed by atoms with Crippen molar-refractivity contribution in [2.45, 2.75) is 6.54 Å². The number of rotatable bonds is 4. The highest BCUT2D eigenvalue weighted by atomic mass is 32.1. The van der Waals surface area contributed by atoms with Gasteiger partial charge in [-0.3, -0.25) is 4.79 Å². The van der Waals surface area contributed by atoms with Gasteiger partial charge < -0.3 is 15.2 Å². The van der Waals surface area contributed by atoms with E-state index in [2.05, 4.69) is 4.98 Å². The summed E-state index contributed by atoms with van der Waals surface area (Å²) in [6.07, 6.45) is 3.30. The number of carbonyl (C=O) groups excluding carboxylic acids is 1. The highest BCUT2D eigenvalue weighted by Crippen LogP contribution is 2.09. The van der Waals surface area contributed by atoms with Crippen molar-refractivity contribution in [2.75, 3.05) is 7.05 Å². The Hall–Kier alpha value is -2.21. The molecule has 0 unspecified atom stereocenters. The normalized spacial score (nSPS) is 10.3. The van der Waals surface area contributed by atoms with Crippen molar-refractivity contribution in [3.63, 3.8) is 0 Å². The number of thiocarbonyl (C=S) groups is 1. The van der Waals surface area contributed by atoms with Crippen LogP contribution in [0.15, 0.2) is 36.8 Å². The first-order chi connectivity index (χ1) is 9.47. The van der Waals surface area contributed by atoms with E-state index in [4.69, 9.17) is 18.0 Å². The molecule has 0 atom stereocenters. The number of carbonyl (C=O) groups is 1. The maximum Gasteiger partial charge on any atom is 0.274 e.